The fourth-order valence-corrected chi connectivity index (χ4v) is 2.08. The molecular weight excluding hydrogens is 271 g/mol. The van der Waals surface area contributed by atoms with Crippen molar-refractivity contribution in [2.24, 2.45) is 0 Å². The zero-order chi connectivity index (χ0) is 15.2. The molecule has 1 aromatic heterocycles. The first kappa shape index (κ1) is 15.1. The van der Waals surface area contributed by atoms with Gasteiger partial charge in [0.05, 0.1) is 12.1 Å². The third-order valence-electron chi connectivity index (χ3n) is 3.07. The van der Waals surface area contributed by atoms with E-state index in [1.165, 1.54) is 6.07 Å². The SMILES string of the molecule is CCCn1ccn(Cc2ccc(F)c(C#CCO)c2)c1=O. The monoisotopic (exact) mass is 288 g/mol. The normalized spacial score (nSPS) is 10.2. The highest BCUT2D eigenvalue weighted by Gasteiger charge is 2.06. The van der Waals surface area contributed by atoms with Crippen LogP contribution in [-0.2, 0) is 13.1 Å². The van der Waals surface area contributed by atoms with Crippen LogP contribution in [0.15, 0.2) is 35.4 Å². The van der Waals surface area contributed by atoms with Crippen LogP contribution >= 0.6 is 0 Å². The Bertz CT molecular complexity index is 735. The molecule has 0 fully saturated rings. The summed E-state index contributed by atoms with van der Waals surface area (Å²) in [7, 11) is 0. The molecule has 0 aliphatic heterocycles. The van der Waals surface area contributed by atoms with Crippen LogP contribution in [0.25, 0.3) is 0 Å². The summed E-state index contributed by atoms with van der Waals surface area (Å²) >= 11 is 0. The molecule has 1 N–H and O–H groups in total. The molecule has 2 aromatic rings. The molecule has 0 aliphatic carbocycles. The Morgan fingerprint density at radius 1 is 1.29 bits per heavy atom. The van der Waals surface area contributed by atoms with Gasteiger partial charge in [-0.2, -0.15) is 0 Å². The first-order valence-electron chi connectivity index (χ1n) is 6.79. The molecule has 1 aromatic carbocycles. The van der Waals surface area contributed by atoms with Crippen molar-refractivity contribution in [1.29, 1.82) is 0 Å². The van der Waals surface area contributed by atoms with E-state index >= 15 is 0 Å². The molecule has 0 unspecified atom stereocenters. The van der Waals surface area contributed by atoms with Crippen LogP contribution in [0.1, 0.15) is 24.5 Å². The summed E-state index contributed by atoms with van der Waals surface area (Å²) in [4.78, 5) is 12.1. The van der Waals surface area contributed by atoms with Gasteiger partial charge in [-0.15, -0.1) is 0 Å². The number of hydrogen-bond acceptors (Lipinski definition) is 2. The van der Waals surface area contributed by atoms with Gasteiger partial charge >= 0.3 is 5.69 Å². The number of nitrogens with zero attached hydrogens (tertiary/aromatic N) is 2. The fraction of sp³-hybridized carbons (Fsp3) is 0.312. The molecule has 4 nitrogen and oxygen atoms in total. The molecule has 0 bridgehead atoms. The lowest BCUT2D eigenvalue weighted by molar-refractivity contribution is 0.350. The predicted octanol–water partition coefficient (Wildman–Crippen LogP) is 1.59. The summed E-state index contributed by atoms with van der Waals surface area (Å²) < 4.78 is 16.8. The quantitative estimate of drug-likeness (QED) is 0.869. The van der Waals surface area contributed by atoms with Crippen LogP contribution in [0.2, 0.25) is 0 Å². The van der Waals surface area contributed by atoms with E-state index in [2.05, 4.69) is 11.8 Å². The number of hydrogen-bond donors (Lipinski definition) is 1. The van der Waals surface area contributed by atoms with E-state index in [9.17, 15) is 9.18 Å². The Morgan fingerprint density at radius 2 is 2.05 bits per heavy atom. The average Bonchev–Trinajstić information content (AvgIpc) is 2.81. The summed E-state index contributed by atoms with van der Waals surface area (Å²) in [6, 6.07) is 4.55. The first-order chi connectivity index (χ1) is 10.2. The lowest BCUT2D eigenvalue weighted by Gasteiger charge is -2.04. The highest BCUT2D eigenvalue weighted by Crippen LogP contribution is 2.10. The van der Waals surface area contributed by atoms with Crippen molar-refractivity contribution >= 4 is 0 Å². The van der Waals surface area contributed by atoms with Crippen LogP contribution in [0.4, 0.5) is 4.39 Å². The maximum Gasteiger partial charge on any atom is 0.328 e. The number of benzene rings is 1. The van der Waals surface area contributed by atoms with E-state index in [0.29, 0.717) is 13.1 Å². The van der Waals surface area contributed by atoms with Gasteiger partial charge in [0.1, 0.15) is 12.4 Å². The molecule has 2 rings (SSSR count). The summed E-state index contributed by atoms with van der Waals surface area (Å²) in [6.07, 6.45) is 4.36. The van der Waals surface area contributed by atoms with E-state index in [-0.39, 0.29) is 17.9 Å². The lowest BCUT2D eigenvalue weighted by atomic mass is 10.1. The molecular formula is C16H17FN2O2. The molecule has 110 valence electrons. The van der Waals surface area contributed by atoms with Crippen molar-refractivity contribution in [2.75, 3.05) is 6.61 Å². The van der Waals surface area contributed by atoms with Crippen molar-refractivity contribution in [3.63, 3.8) is 0 Å². The van der Waals surface area contributed by atoms with E-state index in [4.69, 9.17) is 5.11 Å². The molecule has 5 heteroatoms. The van der Waals surface area contributed by atoms with E-state index in [1.54, 1.807) is 33.7 Å². The van der Waals surface area contributed by atoms with Crippen LogP contribution < -0.4 is 5.69 Å². The number of imidazole rings is 1. The number of aliphatic hydroxyl groups excluding tert-OH is 1. The van der Waals surface area contributed by atoms with Gasteiger partial charge in [-0.25, -0.2) is 9.18 Å². The lowest BCUT2D eigenvalue weighted by Crippen LogP contribution is -2.24. The third-order valence-corrected chi connectivity index (χ3v) is 3.07. The van der Waals surface area contributed by atoms with Gasteiger partial charge in [0.25, 0.3) is 0 Å². The topological polar surface area (TPSA) is 47.2 Å². The first-order valence-corrected chi connectivity index (χ1v) is 6.79. The zero-order valence-electron chi connectivity index (χ0n) is 11.8. The minimum atomic E-state index is -0.435. The Balaban J connectivity index is 2.26. The minimum absolute atomic E-state index is 0.0795. The molecule has 1 heterocycles. The van der Waals surface area contributed by atoms with Crippen molar-refractivity contribution in [1.82, 2.24) is 9.13 Å². The number of aliphatic hydroxyl groups is 1. The number of rotatable bonds is 4. The maximum absolute atomic E-state index is 13.6. The standard InChI is InChI=1S/C16H17FN2O2/c1-2-7-18-8-9-19(16(18)21)12-13-5-6-15(17)14(11-13)4-3-10-20/h5-6,8-9,11,20H,2,7,10,12H2,1H3. The predicted molar refractivity (Wildman–Crippen MR) is 78.4 cm³/mol. The molecule has 0 amide bonds. The third kappa shape index (κ3) is 3.61. The van der Waals surface area contributed by atoms with Crippen molar-refractivity contribution in [3.8, 4) is 11.8 Å². The molecule has 0 spiro atoms. The van der Waals surface area contributed by atoms with Crippen LogP contribution in [0, 0.1) is 17.7 Å². The molecule has 0 saturated heterocycles. The summed E-state index contributed by atoms with van der Waals surface area (Å²) in [5.74, 6) is 4.55. The molecule has 0 saturated carbocycles. The van der Waals surface area contributed by atoms with Crippen molar-refractivity contribution in [2.45, 2.75) is 26.4 Å². The second-order valence-corrected chi connectivity index (χ2v) is 4.68. The number of aryl methyl sites for hydroxylation is 1. The summed E-state index contributed by atoms with van der Waals surface area (Å²) in [5.41, 5.74) is 0.932. The van der Waals surface area contributed by atoms with Gasteiger partial charge < -0.3 is 5.11 Å². The van der Waals surface area contributed by atoms with E-state index < -0.39 is 5.82 Å². The van der Waals surface area contributed by atoms with Crippen LogP contribution in [0.5, 0.6) is 0 Å². The van der Waals surface area contributed by atoms with Gasteiger partial charge in [0, 0.05) is 18.9 Å². The highest BCUT2D eigenvalue weighted by atomic mass is 19.1. The smallest absolute Gasteiger partial charge is 0.328 e. The Kier molecular flexibility index (Phi) is 4.96. The van der Waals surface area contributed by atoms with Gasteiger partial charge in [0.2, 0.25) is 0 Å². The van der Waals surface area contributed by atoms with E-state index in [1.807, 2.05) is 6.92 Å². The largest absolute Gasteiger partial charge is 0.384 e. The number of halogens is 1. The van der Waals surface area contributed by atoms with Crippen LogP contribution in [0.3, 0.4) is 0 Å². The zero-order valence-corrected chi connectivity index (χ0v) is 11.8. The average molecular weight is 288 g/mol. The van der Waals surface area contributed by atoms with Gasteiger partial charge in [0.15, 0.2) is 0 Å². The Morgan fingerprint density at radius 3 is 2.76 bits per heavy atom. The van der Waals surface area contributed by atoms with E-state index in [0.717, 1.165) is 12.0 Å². The molecule has 21 heavy (non-hydrogen) atoms. The van der Waals surface area contributed by atoms with Gasteiger partial charge in [-0.1, -0.05) is 24.8 Å². The second kappa shape index (κ2) is 6.91. The number of aromatic nitrogens is 2. The Labute approximate surface area is 122 Å². The van der Waals surface area contributed by atoms with Gasteiger partial charge in [-0.05, 0) is 24.1 Å². The molecule has 0 radical (unpaired) electrons. The fourth-order valence-electron chi connectivity index (χ4n) is 2.08. The Hall–Kier alpha value is -2.32. The van der Waals surface area contributed by atoms with Gasteiger partial charge in [-0.3, -0.25) is 9.13 Å². The summed E-state index contributed by atoms with van der Waals surface area (Å²) in [6.45, 7) is 2.74. The summed E-state index contributed by atoms with van der Waals surface area (Å²) in [5, 5.41) is 8.67. The minimum Gasteiger partial charge on any atom is -0.384 e. The molecule has 0 aliphatic rings. The van der Waals surface area contributed by atoms with Crippen molar-refractivity contribution < 1.29 is 9.50 Å². The highest BCUT2D eigenvalue weighted by molar-refractivity contribution is 5.38. The second-order valence-electron chi connectivity index (χ2n) is 4.68. The maximum atomic E-state index is 13.6. The van der Waals surface area contributed by atoms with Crippen LogP contribution in [-0.4, -0.2) is 20.8 Å². The van der Waals surface area contributed by atoms with Crippen molar-refractivity contribution in [3.05, 3.63) is 58.0 Å². The molecule has 0 atom stereocenters.